The number of hydrogen-bond acceptors (Lipinski definition) is 5. The highest BCUT2D eigenvalue weighted by Crippen LogP contribution is 2.38. The number of alkyl halides is 3. The molecule has 234 valence electrons. The zero-order valence-electron chi connectivity index (χ0n) is 25.7. The molecule has 2 amide bonds. The SMILES string of the molecule is C1CC1.CCC(C)(CO)C(=O)N(CCCCOC)c1cc(C(=O)N(C(C)C)C2CCCNC2)c(C(F)(F)F)cc1C. The minimum Gasteiger partial charge on any atom is -0.395 e. The third kappa shape index (κ3) is 9.68. The van der Waals surface area contributed by atoms with Gasteiger partial charge in [-0.15, -0.1) is 0 Å². The van der Waals surface area contributed by atoms with Crippen LogP contribution in [0.5, 0.6) is 0 Å². The van der Waals surface area contributed by atoms with Gasteiger partial charge < -0.3 is 25.0 Å². The number of aliphatic hydroxyl groups is 1. The van der Waals surface area contributed by atoms with E-state index >= 15 is 0 Å². The molecule has 0 spiro atoms. The number of piperidine rings is 1. The summed E-state index contributed by atoms with van der Waals surface area (Å²) >= 11 is 0. The van der Waals surface area contributed by atoms with Crippen LogP contribution in [0.15, 0.2) is 12.1 Å². The predicted octanol–water partition coefficient (Wildman–Crippen LogP) is 5.95. The Morgan fingerprint density at radius 1 is 1.15 bits per heavy atom. The van der Waals surface area contributed by atoms with Crippen LogP contribution in [0.4, 0.5) is 18.9 Å². The lowest BCUT2D eigenvalue weighted by Gasteiger charge is -2.38. The van der Waals surface area contributed by atoms with Crippen molar-refractivity contribution in [1.29, 1.82) is 0 Å². The summed E-state index contributed by atoms with van der Waals surface area (Å²) in [4.78, 5) is 30.5. The van der Waals surface area contributed by atoms with E-state index in [-0.39, 0.29) is 29.9 Å². The van der Waals surface area contributed by atoms with Gasteiger partial charge >= 0.3 is 6.18 Å². The monoisotopic (exact) mass is 585 g/mol. The molecule has 1 aliphatic heterocycles. The molecule has 2 unspecified atom stereocenters. The van der Waals surface area contributed by atoms with Crippen LogP contribution >= 0.6 is 0 Å². The summed E-state index contributed by atoms with van der Waals surface area (Å²) in [6.45, 7) is 10.1. The molecule has 0 radical (unpaired) electrons. The smallest absolute Gasteiger partial charge is 0.395 e. The van der Waals surface area contributed by atoms with E-state index < -0.39 is 41.1 Å². The topological polar surface area (TPSA) is 82.1 Å². The van der Waals surface area contributed by atoms with Crippen LogP contribution in [0.3, 0.4) is 0 Å². The van der Waals surface area contributed by atoms with E-state index in [1.165, 1.54) is 42.1 Å². The van der Waals surface area contributed by atoms with E-state index in [1.54, 1.807) is 34.8 Å². The lowest BCUT2D eigenvalue weighted by molar-refractivity contribution is -0.138. The van der Waals surface area contributed by atoms with Crippen molar-refractivity contribution >= 4 is 17.5 Å². The molecule has 1 aromatic rings. The summed E-state index contributed by atoms with van der Waals surface area (Å²) in [5, 5.41) is 13.3. The summed E-state index contributed by atoms with van der Waals surface area (Å²) in [6, 6.07) is 1.65. The Bertz CT molecular complexity index is 985. The Morgan fingerprint density at radius 3 is 2.27 bits per heavy atom. The number of rotatable bonds is 12. The lowest BCUT2D eigenvalue weighted by atomic mass is 9.86. The molecule has 7 nitrogen and oxygen atoms in total. The van der Waals surface area contributed by atoms with Crippen LogP contribution in [-0.2, 0) is 15.7 Å². The van der Waals surface area contributed by atoms with Gasteiger partial charge in [0.2, 0.25) is 5.91 Å². The van der Waals surface area contributed by atoms with Gasteiger partial charge in [0.15, 0.2) is 0 Å². The normalized spacial score (nSPS) is 18.3. The largest absolute Gasteiger partial charge is 0.417 e. The number of aliphatic hydroxyl groups excluding tert-OH is 1. The number of nitrogens with one attached hydrogen (secondary N) is 1. The molecule has 10 heteroatoms. The third-order valence-electron chi connectivity index (χ3n) is 7.84. The number of aryl methyl sites for hydroxylation is 1. The van der Waals surface area contributed by atoms with Crippen molar-refractivity contribution in [2.75, 3.05) is 44.9 Å². The van der Waals surface area contributed by atoms with E-state index in [2.05, 4.69) is 5.32 Å². The van der Waals surface area contributed by atoms with E-state index in [0.29, 0.717) is 38.8 Å². The number of anilines is 1. The van der Waals surface area contributed by atoms with Crippen molar-refractivity contribution in [1.82, 2.24) is 10.2 Å². The number of unbranched alkanes of at least 4 members (excludes halogenated alkanes) is 1. The second-order valence-electron chi connectivity index (χ2n) is 11.8. The lowest BCUT2D eigenvalue weighted by Crippen LogP contribution is -2.52. The van der Waals surface area contributed by atoms with Gasteiger partial charge in [0, 0.05) is 44.6 Å². The Labute approximate surface area is 243 Å². The summed E-state index contributed by atoms with van der Waals surface area (Å²) in [5.41, 5.74) is -2.10. The standard InChI is InChI=1S/C28H44F3N3O4.C3H6/c1-7-27(5,18-35)26(37)33(13-8-9-14-38-6)24-16-22(23(15-20(24)4)28(29,30)31)25(36)34(19(2)3)21-11-10-12-32-17-21;1-2-3-1/h15-16,19,21,32,35H,7-14,17-18H2,1-6H3;1-3H2. The predicted molar refractivity (Wildman–Crippen MR) is 156 cm³/mol. The number of amides is 2. The Kier molecular flexibility index (Phi) is 13.6. The number of ether oxygens (including phenoxy) is 1. The van der Waals surface area contributed by atoms with Gasteiger partial charge in [0.05, 0.1) is 23.1 Å². The molecular weight excluding hydrogens is 535 g/mol. The molecule has 2 fully saturated rings. The molecule has 1 saturated heterocycles. The van der Waals surface area contributed by atoms with Crippen LogP contribution in [0.2, 0.25) is 0 Å². The Morgan fingerprint density at radius 2 is 1.80 bits per heavy atom. The first-order chi connectivity index (χ1) is 19.3. The summed E-state index contributed by atoms with van der Waals surface area (Å²) in [5.74, 6) is -1.09. The fraction of sp³-hybridized carbons (Fsp3) is 0.742. The number of hydrogen-bond donors (Lipinski definition) is 2. The fourth-order valence-electron chi connectivity index (χ4n) is 4.93. The highest BCUT2D eigenvalue weighted by atomic mass is 19.4. The zero-order chi connectivity index (χ0) is 30.8. The Hall–Kier alpha value is -2.17. The van der Waals surface area contributed by atoms with E-state index in [9.17, 15) is 27.9 Å². The van der Waals surface area contributed by atoms with Gasteiger partial charge in [0.25, 0.3) is 5.91 Å². The van der Waals surface area contributed by atoms with Crippen molar-refractivity contribution in [2.24, 2.45) is 5.41 Å². The van der Waals surface area contributed by atoms with Crippen LogP contribution in [0.1, 0.15) is 101 Å². The first kappa shape index (κ1) is 35.0. The average Bonchev–Trinajstić information content (AvgIpc) is 3.82. The quantitative estimate of drug-likeness (QED) is 0.296. The van der Waals surface area contributed by atoms with Crippen molar-refractivity contribution in [3.8, 4) is 0 Å². The average molecular weight is 586 g/mol. The van der Waals surface area contributed by atoms with Gasteiger partial charge in [-0.1, -0.05) is 26.2 Å². The maximum absolute atomic E-state index is 14.3. The number of nitrogens with zero attached hydrogens (tertiary/aromatic N) is 2. The van der Waals surface area contributed by atoms with Gasteiger partial charge in [-0.3, -0.25) is 9.59 Å². The van der Waals surface area contributed by atoms with E-state index in [1.807, 2.05) is 0 Å². The fourth-order valence-corrected chi connectivity index (χ4v) is 4.93. The van der Waals surface area contributed by atoms with Gasteiger partial charge in [-0.2, -0.15) is 13.2 Å². The van der Waals surface area contributed by atoms with Crippen LogP contribution in [-0.4, -0.2) is 73.9 Å². The molecule has 0 bridgehead atoms. The van der Waals surface area contributed by atoms with Gasteiger partial charge in [0.1, 0.15) is 0 Å². The number of carbonyl (C=O) groups excluding carboxylic acids is 2. The highest BCUT2D eigenvalue weighted by Gasteiger charge is 2.41. The summed E-state index contributed by atoms with van der Waals surface area (Å²) in [6.07, 6.45) is 2.81. The summed E-state index contributed by atoms with van der Waals surface area (Å²) in [7, 11) is 1.57. The first-order valence-corrected chi connectivity index (χ1v) is 15.0. The maximum Gasteiger partial charge on any atom is 0.417 e. The van der Waals surface area contributed by atoms with Crippen LogP contribution in [0, 0.1) is 12.3 Å². The number of carbonyl (C=O) groups is 2. The molecule has 1 aromatic carbocycles. The minimum absolute atomic E-state index is 0.220. The van der Waals surface area contributed by atoms with Crippen molar-refractivity contribution in [3.63, 3.8) is 0 Å². The van der Waals surface area contributed by atoms with Crippen molar-refractivity contribution in [2.45, 2.75) is 104 Å². The second kappa shape index (κ2) is 15.9. The molecule has 1 aliphatic carbocycles. The second-order valence-corrected chi connectivity index (χ2v) is 11.8. The van der Waals surface area contributed by atoms with E-state index in [0.717, 1.165) is 19.0 Å². The third-order valence-corrected chi connectivity index (χ3v) is 7.84. The molecule has 0 aromatic heterocycles. The number of benzene rings is 1. The molecular formula is C31H50F3N3O4. The number of halogens is 3. The molecule has 2 atom stereocenters. The van der Waals surface area contributed by atoms with Gasteiger partial charge in [-0.05, 0) is 84.0 Å². The molecule has 3 rings (SSSR count). The highest BCUT2D eigenvalue weighted by molar-refractivity contribution is 6.02. The first-order valence-electron chi connectivity index (χ1n) is 15.0. The maximum atomic E-state index is 14.3. The molecule has 1 saturated carbocycles. The minimum atomic E-state index is -4.75. The number of methoxy groups -OCH3 is 1. The van der Waals surface area contributed by atoms with Gasteiger partial charge in [-0.25, -0.2) is 0 Å². The molecule has 41 heavy (non-hydrogen) atoms. The Balaban J connectivity index is 0.00000183. The van der Waals surface area contributed by atoms with E-state index in [4.69, 9.17) is 4.74 Å². The van der Waals surface area contributed by atoms with Crippen LogP contribution < -0.4 is 10.2 Å². The van der Waals surface area contributed by atoms with Crippen molar-refractivity contribution < 1.29 is 32.6 Å². The molecule has 2 N–H and O–H groups in total. The van der Waals surface area contributed by atoms with Crippen molar-refractivity contribution in [3.05, 3.63) is 28.8 Å². The zero-order valence-corrected chi connectivity index (χ0v) is 25.7. The summed E-state index contributed by atoms with van der Waals surface area (Å²) < 4.78 is 47.9. The molecule has 1 heterocycles. The molecule has 2 aliphatic rings. The van der Waals surface area contributed by atoms with Crippen LogP contribution in [0.25, 0.3) is 0 Å².